The molecular weight excluding hydrogens is 332 g/mol. The lowest BCUT2D eigenvalue weighted by Gasteiger charge is -2.32. The predicted molar refractivity (Wildman–Crippen MR) is 97.4 cm³/mol. The Balaban J connectivity index is 1.62. The molecule has 2 heterocycles. The third-order valence-corrected chi connectivity index (χ3v) is 5.01. The van der Waals surface area contributed by atoms with Gasteiger partial charge in [-0.1, -0.05) is 18.2 Å². The van der Waals surface area contributed by atoms with Crippen molar-refractivity contribution in [3.63, 3.8) is 0 Å². The van der Waals surface area contributed by atoms with Crippen molar-refractivity contribution in [2.24, 2.45) is 13.0 Å². The fourth-order valence-electron chi connectivity index (χ4n) is 3.42. The van der Waals surface area contributed by atoms with Gasteiger partial charge in [-0.3, -0.25) is 9.59 Å². The normalized spacial score (nSPS) is 15.0. The van der Waals surface area contributed by atoms with Gasteiger partial charge >= 0.3 is 5.97 Å². The molecule has 1 aromatic heterocycles. The highest BCUT2D eigenvalue weighted by atomic mass is 16.4. The molecule has 1 aliphatic rings. The Kier molecular flexibility index (Phi) is 5.21. The summed E-state index contributed by atoms with van der Waals surface area (Å²) in [5, 5.41) is 9.30. The summed E-state index contributed by atoms with van der Waals surface area (Å²) >= 11 is 0. The van der Waals surface area contributed by atoms with E-state index in [-0.39, 0.29) is 11.5 Å². The average Bonchev–Trinajstić information content (AvgIpc) is 2.64. The highest BCUT2D eigenvalue weighted by Crippen LogP contribution is 2.24. The topological polar surface area (TPSA) is 79.6 Å². The van der Waals surface area contributed by atoms with E-state index in [2.05, 4.69) is 0 Å². The zero-order valence-corrected chi connectivity index (χ0v) is 14.7. The number of carboxylic acid groups (broad SMARTS) is 1. The lowest BCUT2D eigenvalue weighted by molar-refractivity contribution is 0.0690. The van der Waals surface area contributed by atoms with Crippen molar-refractivity contribution >= 4 is 11.9 Å². The first-order valence-electron chi connectivity index (χ1n) is 8.73. The number of carboxylic acids is 1. The molecule has 0 bridgehead atoms. The van der Waals surface area contributed by atoms with Crippen LogP contribution >= 0.6 is 0 Å². The van der Waals surface area contributed by atoms with E-state index in [0.717, 1.165) is 18.4 Å². The minimum Gasteiger partial charge on any atom is -0.478 e. The van der Waals surface area contributed by atoms with E-state index in [0.29, 0.717) is 36.6 Å². The number of amides is 1. The van der Waals surface area contributed by atoms with Gasteiger partial charge in [0.05, 0.1) is 5.56 Å². The molecule has 26 heavy (non-hydrogen) atoms. The van der Waals surface area contributed by atoms with Crippen molar-refractivity contribution in [2.75, 3.05) is 13.1 Å². The van der Waals surface area contributed by atoms with Crippen LogP contribution in [0.25, 0.3) is 0 Å². The fourth-order valence-corrected chi connectivity index (χ4v) is 3.42. The molecule has 2 aromatic rings. The van der Waals surface area contributed by atoms with Crippen LogP contribution in [0.5, 0.6) is 0 Å². The number of piperidine rings is 1. The molecule has 1 aromatic carbocycles. The van der Waals surface area contributed by atoms with Crippen molar-refractivity contribution < 1.29 is 14.7 Å². The predicted octanol–water partition coefficient (Wildman–Crippen LogP) is 2.18. The maximum absolute atomic E-state index is 12.6. The molecular formula is C20H22N2O4. The Morgan fingerprint density at radius 1 is 1.15 bits per heavy atom. The van der Waals surface area contributed by atoms with Gasteiger partial charge in [-0.05, 0) is 42.9 Å². The van der Waals surface area contributed by atoms with Gasteiger partial charge in [0.1, 0.15) is 0 Å². The molecule has 6 heteroatoms. The van der Waals surface area contributed by atoms with Gasteiger partial charge in [-0.15, -0.1) is 0 Å². The second kappa shape index (κ2) is 7.56. The number of aromatic carboxylic acids is 1. The molecule has 3 rings (SSSR count). The molecule has 0 unspecified atom stereocenters. The van der Waals surface area contributed by atoms with Crippen molar-refractivity contribution in [1.82, 2.24) is 9.47 Å². The largest absolute Gasteiger partial charge is 0.478 e. The maximum Gasteiger partial charge on any atom is 0.335 e. The molecule has 0 aliphatic carbocycles. The smallest absolute Gasteiger partial charge is 0.335 e. The van der Waals surface area contributed by atoms with Crippen LogP contribution in [0, 0.1) is 5.92 Å². The second-order valence-electron chi connectivity index (χ2n) is 6.77. The molecule has 1 aliphatic heterocycles. The Morgan fingerprint density at radius 2 is 1.85 bits per heavy atom. The van der Waals surface area contributed by atoms with E-state index in [9.17, 15) is 19.5 Å². The summed E-state index contributed by atoms with van der Waals surface area (Å²) in [6, 6.07) is 10.1. The van der Waals surface area contributed by atoms with Crippen LogP contribution in [-0.2, 0) is 13.5 Å². The Bertz CT molecular complexity index is 879. The zero-order chi connectivity index (χ0) is 18.7. The number of benzene rings is 1. The molecule has 6 nitrogen and oxygen atoms in total. The molecule has 1 N–H and O–H groups in total. The summed E-state index contributed by atoms with van der Waals surface area (Å²) < 4.78 is 1.43. The third-order valence-electron chi connectivity index (χ3n) is 5.01. The van der Waals surface area contributed by atoms with Crippen molar-refractivity contribution in [1.29, 1.82) is 0 Å². The van der Waals surface area contributed by atoms with Gasteiger partial charge in [0.25, 0.3) is 11.5 Å². The first kappa shape index (κ1) is 17.9. The molecule has 1 saturated heterocycles. The summed E-state index contributed by atoms with van der Waals surface area (Å²) in [5.41, 5.74) is 1.42. The first-order chi connectivity index (χ1) is 12.5. The lowest BCUT2D eigenvalue weighted by atomic mass is 9.88. The maximum atomic E-state index is 12.6. The highest BCUT2D eigenvalue weighted by Gasteiger charge is 2.25. The van der Waals surface area contributed by atoms with Crippen LogP contribution < -0.4 is 5.56 Å². The van der Waals surface area contributed by atoms with Crippen LogP contribution in [0.2, 0.25) is 0 Å². The minimum atomic E-state index is -0.904. The van der Waals surface area contributed by atoms with Gasteiger partial charge in [-0.2, -0.15) is 0 Å². The first-order valence-corrected chi connectivity index (χ1v) is 8.73. The van der Waals surface area contributed by atoms with Gasteiger partial charge in [-0.25, -0.2) is 4.79 Å². The van der Waals surface area contributed by atoms with E-state index >= 15 is 0 Å². The molecule has 1 amide bonds. The molecule has 0 atom stereocenters. The SMILES string of the molecule is Cn1ccc(C(=O)N2CCC(Cc3ccccc3C(=O)O)CC2)cc1=O. The number of pyridine rings is 1. The lowest BCUT2D eigenvalue weighted by Crippen LogP contribution is -2.39. The Morgan fingerprint density at radius 3 is 2.50 bits per heavy atom. The van der Waals surface area contributed by atoms with Crippen LogP contribution in [0.4, 0.5) is 0 Å². The van der Waals surface area contributed by atoms with Crippen molar-refractivity contribution in [3.8, 4) is 0 Å². The number of aromatic nitrogens is 1. The minimum absolute atomic E-state index is 0.118. The summed E-state index contributed by atoms with van der Waals surface area (Å²) in [4.78, 5) is 37.4. The van der Waals surface area contributed by atoms with Crippen molar-refractivity contribution in [2.45, 2.75) is 19.3 Å². The number of likely N-dealkylation sites (tertiary alicyclic amines) is 1. The summed E-state index contributed by atoms with van der Waals surface area (Å²) in [6.07, 6.45) is 3.95. The average molecular weight is 354 g/mol. The summed E-state index contributed by atoms with van der Waals surface area (Å²) in [5.74, 6) is -0.672. The second-order valence-corrected chi connectivity index (χ2v) is 6.77. The number of rotatable bonds is 4. The van der Waals surface area contributed by atoms with E-state index < -0.39 is 5.97 Å². The van der Waals surface area contributed by atoms with Crippen molar-refractivity contribution in [3.05, 3.63) is 69.6 Å². The molecule has 136 valence electrons. The van der Waals surface area contributed by atoms with E-state index in [1.54, 1.807) is 36.3 Å². The molecule has 0 saturated carbocycles. The fraction of sp³-hybridized carbons (Fsp3) is 0.350. The van der Waals surface area contributed by atoms with Crippen LogP contribution in [-0.4, -0.2) is 39.5 Å². The van der Waals surface area contributed by atoms with Gasteiger partial charge in [0.2, 0.25) is 0 Å². The van der Waals surface area contributed by atoms with Crippen LogP contribution in [0.15, 0.2) is 47.4 Å². The van der Waals surface area contributed by atoms with Crippen LogP contribution in [0.1, 0.15) is 39.1 Å². The Hall–Kier alpha value is -2.89. The van der Waals surface area contributed by atoms with E-state index in [1.807, 2.05) is 12.1 Å². The zero-order valence-electron chi connectivity index (χ0n) is 14.7. The van der Waals surface area contributed by atoms with Gasteiger partial charge in [0.15, 0.2) is 0 Å². The standard InChI is InChI=1S/C20H22N2O4/c1-21-9-8-16(13-18(21)23)19(24)22-10-6-14(7-11-22)12-15-4-2-3-5-17(15)20(25)26/h2-5,8-9,13-14H,6-7,10-12H2,1H3,(H,25,26). The van der Waals surface area contributed by atoms with Gasteiger partial charge in [0, 0.05) is 38.0 Å². The van der Waals surface area contributed by atoms with E-state index in [1.165, 1.54) is 10.6 Å². The quantitative estimate of drug-likeness (QED) is 0.913. The monoisotopic (exact) mass is 354 g/mol. The Labute approximate surface area is 151 Å². The number of hydrogen-bond donors (Lipinski definition) is 1. The number of aryl methyl sites for hydroxylation is 1. The number of carbonyl (C=O) groups excluding carboxylic acids is 1. The molecule has 0 spiro atoms. The number of hydrogen-bond acceptors (Lipinski definition) is 3. The summed E-state index contributed by atoms with van der Waals surface area (Å²) in [7, 11) is 1.65. The molecule has 1 fully saturated rings. The van der Waals surface area contributed by atoms with Gasteiger partial charge < -0.3 is 14.6 Å². The highest BCUT2D eigenvalue weighted by molar-refractivity contribution is 5.94. The van der Waals surface area contributed by atoms with Crippen LogP contribution in [0.3, 0.4) is 0 Å². The van der Waals surface area contributed by atoms with E-state index in [4.69, 9.17) is 0 Å². The summed E-state index contributed by atoms with van der Waals surface area (Å²) in [6.45, 7) is 1.24. The number of carbonyl (C=O) groups is 2. The third kappa shape index (κ3) is 3.85. The number of nitrogens with zero attached hydrogens (tertiary/aromatic N) is 2. The molecule has 0 radical (unpaired) electrons.